The van der Waals surface area contributed by atoms with Crippen LogP contribution >= 0.6 is 11.3 Å². The van der Waals surface area contributed by atoms with Crippen molar-refractivity contribution in [2.45, 2.75) is 32.4 Å². The molecular formula is C16H25N3O2S. The summed E-state index contributed by atoms with van der Waals surface area (Å²) in [5.41, 5.74) is 1.45. The maximum atomic E-state index is 11.9. The molecule has 0 aliphatic carbocycles. The van der Waals surface area contributed by atoms with Gasteiger partial charge in [-0.1, -0.05) is 0 Å². The van der Waals surface area contributed by atoms with E-state index in [0.717, 1.165) is 39.1 Å². The Balaban J connectivity index is 1.37. The predicted octanol–water partition coefficient (Wildman–Crippen LogP) is 1.83. The number of hydrogen-bond acceptors (Lipinski definition) is 4. The van der Waals surface area contributed by atoms with Crippen LogP contribution in [0.15, 0.2) is 11.4 Å². The van der Waals surface area contributed by atoms with Gasteiger partial charge in [-0.3, -0.25) is 4.90 Å². The van der Waals surface area contributed by atoms with Gasteiger partial charge in [0.15, 0.2) is 0 Å². The van der Waals surface area contributed by atoms with Gasteiger partial charge in [0.1, 0.15) is 0 Å². The molecule has 3 rings (SSSR count). The molecule has 0 bridgehead atoms. The molecule has 22 heavy (non-hydrogen) atoms. The van der Waals surface area contributed by atoms with Crippen LogP contribution in [0.2, 0.25) is 0 Å². The van der Waals surface area contributed by atoms with Gasteiger partial charge >= 0.3 is 6.03 Å². The second kappa shape index (κ2) is 7.44. The van der Waals surface area contributed by atoms with E-state index in [0.29, 0.717) is 25.0 Å². The van der Waals surface area contributed by atoms with E-state index in [1.54, 1.807) is 0 Å². The van der Waals surface area contributed by atoms with Gasteiger partial charge in [-0.05, 0) is 36.8 Å². The zero-order chi connectivity index (χ0) is 15.4. The van der Waals surface area contributed by atoms with Crippen LogP contribution in [0, 0.1) is 5.92 Å². The molecule has 0 spiro atoms. The summed E-state index contributed by atoms with van der Waals surface area (Å²) in [7, 11) is 0. The van der Waals surface area contributed by atoms with Crippen molar-refractivity contribution in [3.05, 3.63) is 21.9 Å². The monoisotopic (exact) mass is 323 g/mol. The number of nitrogens with zero attached hydrogens (tertiary/aromatic N) is 1. The van der Waals surface area contributed by atoms with Crippen LogP contribution in [-0.2, 0) is 17.7 Å². The van der Waals surface area contributed by atoms with E-state index in [4.69, 9.17) is 4.74 Å². The Kier molecular flexibility index (Phi) is 5.33. The van der Waals surface area contributed by atoms with Crippen molar-refractivity contribution in [2.75, 3.05) is 32.8 Å². The SMILES string of the molecule is CC(CNC(=O)NCC1CCOC1)N1CCc2sccc2C1. The van der Waals surface area contributed by atoms with Crippen LogP contribution in [-0.4, -0.2) is 49.8 Å². The Labute approximate surface area is 136 Å². The normalized spacial score (nSPS) is 23.0. The molecule has 1 saturated heterocycles. The number of nitrogens with one attached hydrogen (secondary N) is 2. The molecule has 2 N–H and O–H groups in total. The lowest BCUT2D eigenvalue weighted by atomic mass is 10.1. The number of thiophene rings is 1. The van der Waals surface area contributed by atoms with Gasteiger partial charge in [0, 0.05) is 49.6 Å². The van der Waals surface area contributed by atoms with Crippen LogP contribution in [0.25, 0.3) is 0 Å². The van der Waals surface area contributed by atoms with Crippen molar-refractivity contribution in [3.8, 4) is 0 Å². The Morgan fingerprint density at radius 1 is 1.55 bits per heavy atom. The highest BCUT2D eigenvalue weighted by Gasteiger charge is 2.22. The number of carbonyl (C=O) groups is 1. The zero-order valence-corrected chi connectivity index (χ0v) is 14.0. The summed E-state index contributed by atoms with van der Waals surface area (Å²) in [5.74, 6) is 0.474. The number of urea groups is 1. The fourth-order valence-corrected chi connectivity index (χ4v) is 3.95. The summed E-state index contributed by atoms with van der Waals surface area (Å²) in [6.45, 7) is 7.26. The van der Waals surface area contributed by atoms with Crippen molar-refractivity contribution >= 4 is 17.4 Å². The number of amides is 2. The summed E-state index contributed by atoms with van der Waals surface area (Å²) in [6, 6.07) is 2.52. The van der Waals surface area contributed by atoms with Crippen LogP contribution in [0.5, 0.6) is 0 Å². The maximum absolute atomic E-state index is 11.9. The molecule has 0 saturated carbocycles. The summed E-state index contributed by atoms with van der Waals surface area (Å²) in [6.07, 6.45) is 2.18. The maximum Gasteiger partial charge on any atom is 0.314 e. The number of ether oxygens (including phenoxy) is 1. The highest BCUT2D eigenvalue weighted by molar-refractivity contribution is 7.10. The fraction of sp³-hybridized carbons (Fsp3) is 0.688. The quantitative estimate of drug-likeness (QED) is 0.869. The van der Waals surface area contributed by atoms with Crippen molar-refractivity contribution in [2.24, 2.45) is 5.92 Å². The molecule has 0 radical (unpaired) electrons. The van der Waals surface area contributed by atoms with E-state index in [9.17, 15) is 4.79 Å². The summed E-state index contributed by atoms with van der Waals surface area (Å²) >= 11 is 1.86. The first-order valence-corrected chi connectivity index (χ1v) is 8.99. The number of rotatable bonds is 5. The molecule has 2 aliphatic rings. The Morgan fingerprint density at radius 2 is 2.45 bits per heavy atom. The minimum atomic E-state index is -0.0630. The standard InChI is InChI=1S/C16H25N3O2S/c1-12(19-5-2-15-14(10-19)4-7-22-15)8-17-16(20)18-9-13-3-6-21-11-13/h4,7,12-13H,2-3,5-6,8-11H2,1H3,(H2,17,18,20). The number of fused-ring (bicyclic) bond motifs is 1. The Hall–Kier alpha value is -1.11. The first kappa shape index (κ1) is 15.8. The van der Waals surface area contributed by atoms with Crippen molar-refractivity contribution in [3.63, 3.8) is 0 Å². The third-order valence-corrected chi connectivity index (χ3v) is 5.62. The molecule has 2 atom stereocenters. The minimum Gasteiger partial charge on any atom is -0.381 e. The van der Waals surface area contributed by atoms with E-state index >= 15 is 0 Å². The molecule has 2 amide bonds. The zero-order valence-electron chi connectivity index (χ0n) is 13.1. The molecule has 2 aliphatic heterocycles. The Bertz CT molecular complexity index is 499. The third kappa shape index (κ3) is 4.00. The second-order valence-electron chi connectivity index (χ2n) is 6.26. The van der Waals surface area contributed by atoms with Crippen molar-refractivity contribution in [1.29, 1.82) is 0 Å². The average Bonchev–Trinajstić information content (AvgIpc) is 3.20. The molecular weight excluding hydrogens is 298 g/mol. The summed E-state index contributed by atoms with van der Waals surface area (Å²) < 4.78 is 5.31. The third-order valence-electron chi connectivity index (χ3n) is 4.59. The van der Waals surface area contributed by atoms with E-state index < -0.39 is 0 Å². The molecule has 1 aromatic heterocycles. The lowest BCUT2D eigenvalue weighted by molar-refractivity contribution is 0.182. The molecule has 3 heterocycles. The van der Waals surface area contributed by atoms with Gasteiger partial charge in [-0.15, -0.1) is 11.3 Å². The van der Waals surface area contributed by atoms with E-state index in [1.165, 1.54) is 10.4 Å². The van der Waals surface area contributed by atoms with Crippen molar-refractivity contribution in [1.82, 2.24) is 15.5 Å². The van der Waals surface area contributed by atoms with E-state index in [-0.39, 0.29) is 6.03 Å². The molecule has 6 heteroatoms. The number of carbonyl (C=O) groups excluding carboxylic acids is 1. The Morgan fingerprint density at radius 3 is 3.27 bits per heavy atom. The fourth-order valence-electron chi connectivity index (χ4n) is 3.06. The van der Waals surface area contributed by atoms with Crippen LogP contribution in [0.4, 0.5) is 4.79 Å². The topological polar surface area (TPSA) is 53.6 Å². The van der Waals surface area contributed by atoms with Gasteiger partial charge in [0.2, 0.25) is 0 Å². The predicted molar refractivity (Wildman–Crippen MR) is 88.2 cm³/mol. The number of hydrogen-bond donors (Lipinski definition) is 2. The second-order valence-corrected chi connectivity index (χ2v) is 7.26. The smallest absolute Gasteiger partial charge is 0.314 e. The van der Waals surface area contributed by atoms with E-state index in [2.05, 4.69) is 33.9 Å². The van der Waals surface area contributed by atoms with Gasteiger partial charge in [0.05, 0.1) is 6.61 Å². The van der Waals surface area contributed by atoms with Crippen LogP contribution in [0.1, 0.15) is 23.8 Å². The summed E-state index contributed by atoms with van der Waals surface area (Å²) in [4.78, 5) is 15.8. The van der Waals surface area contributed by atoms with E-state index in [1.807, 2.05) is 11.3 Å². The lowest BCUT2D eigenvalue weighted by Gasteiger charge is -2.32. The van der Waals surface area contributed by atoms with Gasteiger partial charge in [0.25, 0.3) is 0 Å². The molecule has 5 nitrogen and oxygen atoms in total. The molecule has 1 aromatic rings. The van der Waals surface area contributed by atoms with Crippen LogP contribution in [0.3, 0.4) is 0 Å². The highest BCUT2D eigenvalue weighted by atomic mass is 32.1. The van der Waals surface area contributed by atoms with Gasteiger partial charge in [-0.25, -0.2) is 4.79 Å². The largest absolute Gasteiger partial charge is 0.381 e. The molecule has 1 fully saturated rings. The molecule has 2 unspecified atom stereocenters. The first-order chi connectivity index (χ1) is 10.7. The van der Waals surface area contributed by atoms with Crippen LogP contribution < -0.4 is 10.6 Å². The highest BCUT2D eigenvalue weighted by Crippen LogP contribution is 2.24. The van der Waals surface area contributed by atoms with Gasteiger partial charge < -0.3 is 15.4 Å². The lowest BCUT2D eigenvalue weighted by Crippen LogP contribution is -2.47. The first-order valence-electron chi connectivity index (χ1n) is 8.11. The minimum absolute atomic E-state index is 0.0630. The van der Waals surface area contributed by atoms with Crippen molar-refractivity contribution < 1.29 is 9.53 Å². The molecule has 122 valence electrons. The average molecular weight is 323 g/mol. The molecule has 0 aromatic carbocycles. The van der Waals surface area contributed by atoms with Gasteiger partial charge in [-0.2, -0.15) is 0 Å². The summed E-state index contributed by atoms with van der Waals surface area (Å²) in [5, 5.41) is 8.12.